The maximum absolute atomic E-state index is 12.7. The number of carbonyl (C=O) groups excluding carboxylic acids is 1. The lowest BCUT2D eigenvalue weighted by Gasteiger charge is -2.13. The molecular formula is C23H22F3N5O2. The molecule has 0 saturated carbocycles. The molecule has 2 aromatic carbocycles. The summed E-state index contributed by atoms with van der Waals surface area (Å²) in [6, 6.07) is 10.8. The second-order valence-corrected chi connectivity index (χ2v) is 7.63. The van der Waals surface area contributed by atoms with Crippen LogP contribution in [0.15, 0.2) is 48.9 Å². The molecule has 172 valence electrons. The van der Waals surface area contributed by atoms with Gasteiger partial charge in [0.05, 0.1) is 36.0 Å². The Balaban J connectivity index is 1.82. The van der Waals surface area contributed by atoms with Gasteiger partial charge in [0.15, 0.2) is 0 Å². The zero-order valence-electron chi connectivity index (χ0n) is 18.3. The molecule has 0 radical (unpaired) electrons. The van der Waals surface area contributed by atoms with Gasteiger partial charge in [0, 0.05) is 31.0 Å². The van der Waals surface area contributed by atoms with E-state index in [-0.39, 0.29) is 6.54 Å². The minimum atomic E-state index is -4.26. The van der Waals surface area contributed by atoms with Crippen LogP contribution in [0.5, 0.6) is 0 Å². The van der Waals surface area contributed by atoms with E-state index in [0.717, 1.165) is 22.5 Å². The molecule has 33 heavy (non-hydrogen) atoms. The molecule has 0 fully saturated rings. The van der Waals surface area contributed by atoms with Crippen molar-refractivity contribution in [3.05, 3.63) is 60.0 Å². The van der Waals surface area contributed by atoms with Crippen LogP contribution < -0.4 is 5.32 Å². The lowest BCUT2D eigenvalue weighted by Crippen LogP contribution is -2.14. The molecule has 0 aliphatic heterocycles. The Labute approximate surface area is 187 Å². The molecule has 0 amide bonds. The molecule has 4 aromatic rings. The predicted molar refractivity (Wildman–Crippen MR) is 119 cm³/mol. The van der Waals surface area contributed by atoms with Crippen LogP contribution in [0.1, 0.15) is 22.3 Å². The Morgan fingerprint density at radius 2 is 1.97 bits per heavy atom. The lowest BCUT2D eigenvalue weighted by atomic mass is 10.1. The number of rotatable bonds is 6. The maximum atomic E-state index is 12.7. The summed E-state index contributed by atoms with van der Waals surface area (Å²) in [5.74, 6) is -0.427. The fraction of sp³-hybridized carbons (Fsp3) is 0.261. The van der Waals surface area contributed by atoms with Crippen LogP contribution in [0, 0.1) is 6.92 Å². The second-order valence-electron chi connectivity index (χ2n) is 7.63. The van der Waals surface area contributed by atoms with Crippen molar-refractivity contribution >= 4 is 22.7 Å². The number of hydrogen-bond donors (Lipinski definition) is 1. The van der Waals surface area contributed by atoms with Crippen LogP contribution in [0.2, 0.25) is 0 Å². The van der Waals surface area contributed by atoms with Gasteiger partial charge in [-0.15, -0.1) is 0 Å². The van der Waals surface area contributed by atoms with E-state index >= 15 is 0 Å². The zero-order valence-corrected chi connectivity index (χ0v) is 18.3. The molecular weight excluding hydrogens is 435 g/mol. The smallest absolute Gasteiger partial charge is 0.390 e. The van der Waals surface area contributed by atoms with Crippen molar-refractivity contribution in [2.45, 2.75) is 19.5 Å². The van der Waals surface area contributed by atoms with Crippen LogP contribution in [-0.4, -0.2) is 45.1 Å². The number of anilines is 1. The van der Waals surface area contributed by atoms with Crippen molar-refractivity contribution in [3.8, 4) is 16.9 Å². The first-order valence-electron chi connectivity index (χ1n) is 10.2. The number of alkyl halides is 3. The first kappa shape index (κ1) is 22.4. The Morgan fingerprint density at radius 3 is 2.61 bits per heavy atom. The van der Waals surface area contributed by atoms with Gasteiger partial charge in [0.25, 0.3) is 0 Å². The van der Waals surface area contributed by atoms with Crippen LogP contribution in [0.25, 0.3) is 28.0 Å². The number of aryl methyl sites for hydroxylation is 2. The summed E-state index contributed by atoms with van der Waals surface area (Å²) < 4.78 is 46.4. The van der Waals surface area contributed by atoms with E-state index in [4.69, 9.17) is 4.74 Å². The average Bonchev–Trinajstić information content (AvgIpc) is 3.38. The molecule has 0 aliphatic carbocycles. The van der Waals surface area contributed by atoms with Crippen LogP contribution in [0.3, 0.4) is 0 Å². The number of imidazole rings is 1. The minimum absolute atomic E-state index is 0.271. The second kappa shape index (κ2) is 8.61. The van der Waals surface area contributed by atoms with Gasteiger partial charge in [0.1, 0.15) is 11.8 Å². The molecule has 0 saturated heterocycles. The summed E-state index contributed by atoms with van der Waals surface area (Å²) in [6.07, 6.45) is -1.95. The van der Waals surface area contributed by atoms with E-state index in [1.54, 1.807) is 49.4 Å². The van der Waals surface area contributed by atoms with Gasteiger partial charge in [-0.25, -0.2) is 9.78 Å². The molecule has 2 aromatic heterocycles. The first-order valence-corrected chi connectivity index (χ1v) is 10.2. The SMILES string of the molecule is COC(=O)c1ccc(-n2cnc3c(NCCC(F)(F)F)cc(-c4ccnn4C)cc32)cc1C. The number of halogens is 3. The van der Waals surface area contributed by atoms with Crippen molar-refractivity contribution in [1.82, 2.24) is 19.3 Å². The molecule has 7 nitrogen and oxygen atoms in total. The standard InChI is InChI=1S/C23H22F3N5O2/c1-14-10-16(4-5-17(14)22(32)33-3)31-13-28-21-18(27-9-7-23(24,25)26)11-15(12-20(21)31)19-6-8-29-30(19)2/h4-6,8,10-13,27H,7,9H2,1-3H3. The number of fused-ring (bicyclic) bond motifs is 1. The van der Waals surface area contributed by atoms with Crippen LogP contribution in [-0.2, 0) is 11.8 Å². The van der Waals surface area contributed by atoms with Gasteiger partial charge in [-0.2, -0.15) is 18.3 Å². The number of carbonyl (C=O) groups is 1. The summed E-state index contributed by atoms with van der Waals surface area (Å²) in [5.41, 5.74) is 5.26. The van der Waals surface area contributed by atoms with E-state index in [9.17, 15) is 18.0 Å². The third-order valence-corrected chi connectivity index (χ3v) is 5.39. The van der Waals surface area contributed by atoms with Gasteiger partial charge >= 0.3 is 12.1 Å². The molecule has 0 atom stereocenters. The van der Waals surface area contributed by atoms with Crippen LogP contribution >= 0.6 is 0 Å². The average molecular weight is 457 g/mol. The minimum Gasteiger partial charge on any atom is -0.465 e. The number of esters is 1. The number of ether oxygens (including phenoxy) is 1. The van der Waals surface area contributed by atoms with Crippen LogP contribution in [0.4, 0.5) is 18.9 Å². The molecule has 0 bridgehead atoms. The third-order valence-electron chi connectivity index (χ3n) is 5.39. The number of hydrogen-bond acceptors (Lipinski definition) is 5. The summed E-state index contributed by atoms with van der Waals surface area (Å²) in [7, 11) is 3.12. The largest absolute Gasteiger partial charge is 0.465 e. The normalized spacial score (nSPS) is 11.7. The maximum Gasteiger partial charge on any atom is 0.390 e. The highest BCUT2D eigenvalue weighted by atomic mass is 19.4. The van der Waals surface area contributed by atoms with Gasteiger partial charge in [-0.05, 0) is 48.9 Å². The van der Waals surface area contributed by atoms with Gasteiger partial charge in [-0.3, -0.25) is 9.25 Å². The Morgan fingerprint density at radius 1 is 1.18 bits per heavy atom. The number of benzene rings is 2. The highest BCUT2D eigenvalue weighted by Gasteiger charge is 2.26. The summed E-state index contributed by atoms with van der Waals surface area (Å²) in [4.78, 5) is 16.4. The fourth-order valence-corrected chi connectivity index (χ4v) is 3.74. The molecule has 0 aliphatic rings. The van der Waals surface area contributed by atoms with E-state index in [1.165, 1.54) is 7.11 Å². The van der Waals surface area contributed by atoms with Gasteiger partial charge in [0.2, 0.25) is 0 Å². The molecule has 10 heteroatoms. The van der Waals surface area contributed by atoms with Crippen molar-refractivity contribution in [2.24, 2.45) is 7.05 Å². The van der Waals surface area contributed by atoms with Crippen molar-refractivity contribution < 1.29 is 22.7 Å². The molecule has 1 N–H and O–H groups in total. The summed E-state index contributed by atoms with van der Waals surface area (Å²) in [5, 5.41) is 7.08. The van der Waals surface area contributed by atoms with Crippen molar-refractivity contribution in [3.63, 3.8) is 0 Å². The number of aromatic nitrogens is 4. The zero-order chi connectivity index (χ0) is 23.8. The van der Waals surface area contributed by atoms with Crippen molar-refractivity contribution in [1.29, 1.82) is 0 Å². The summed E-state index contributed by atoms with van der Waals surface area (Å²) in [6.45, 7) is 1.54. The topological polar surface area (TPSA) is 74.0 Å². The Kier molecular flexibility index (Phi) is 5.84. The number of methoxy groups -OCH3 is 1. The van der Waals surface area contributed by atoms with E-state index in [1.807, 2.05) is 22.8 Å². The molecule has 0 unspecified atom stereocenters. The quantitative estimate of drug-likeness (QED) is 0.418. The highest BCUT2D eigenvalue weighted by Crippen LogP contribution is 2.32. The molecule has 2 heterocycles. The Hall–Kier alpha value is -3.82. The fourth-order valence-electron chi connectivity index (χ4n) is 3.74. The first-order chi connectivity index (χ1) is 15.7. The van der Waals surface area contributed by atoms with Crippen molar-refractivity contribution in [2.75, 3.05) is 19.0 Å². The number of nitrogens with zero attached hydrogens (tertiary/aromatic N) is 4. The summed E-state index contributed by atoms with van der Waals surface area (Å²) >= 11 is 0. The molecule has 0 spiro atoms. The molecule has 4 rings (SSSR count). The monoisotopic (exact) mass is 457 g/mol. The Bertz CT molecular complexity index is 1320. The third kappa shape index (κ3) is 4.55. The lowest BCUT2D eigenvalue weighted by molar-refractivity contribution is -0.131. The van der Waals surface area contributed by atoms with Gasteiger partial charge < -0.3 is 10.1 Å². The number of nitrogens with one attached hydrogen (secondary N) is 1. The van der Waals surface area contributed by atoms with E-state index in [0.29, 0.717) is 22.3 Å². The van der Waals surface area contributed by atoms with E-state index < -0.39 is 18.6 Å². The predicted octanol–water partition coefficient (Wildman–Crippen LogP) is 4.89. The highest BCUT2D eigenvalue weighted by molar-refractivity contribution is 5.94. The van der Waals surface area contributed by atoms with Gasteiger partial charge in [-0.1, -0.05) is 0 Å². The van der Waals surface area contributed by atoms with E-state index in [2.05, 4.69) is 15.4 Å².